The molecule has 0 aromatic carbocycles. The Bertz CT molecular complexity index is 443. The Kier molecular flexibility index (Phi) is 5.23. The number of nitrogens with one attached hydrogen (secondary N) is 1. The van der Waals surface area contributed by atoms with E-state index in [0.29, 0.717) is 17.7 Å². The molecule has 0 saturated heterocycles. The molecule has 0 amide bonds. The summed E-state index contributed by atoms with van der Waals surface area (Å²) in [6, 6.07) is 2.03. The summed E-state index contributed by atoms with van der Waals surface area (Å²) in [5.74, 6) is 0.616. The van der Waals surface area contributed by atoms with E-state index in [1.54, 1.807) is 6.07 Å². The molecule has 6 nitrogen and oxygen atoms in total. The lowest BCUT2D eigenvalue weighted by molar-refractivity contribution is 0.371. The number of hydrogen-bond donors (Lipinski definition) is 2. The summed E-state index contributed by atoms with van der Waals surface area (Å²) in [6.45, 7) is 7.84. The summed E-state index contributed by atoms with van der Waals surface area (Å²) in [6.07, 6.45) is 0. The number of aryl methyl sites for hydroxylation is 1. The standard InChI is InChI=1S/C13H24N6/c1-6-19(10(3)8-18(4)5)13-16-9(2)7-11(17-13)12(14)15/h7,10H,6,8H2,1-5H3,(H3,14,15). The Morgan fingerprint density at radius 2 is 2.05 bits per heavy atom. The predicted octanol–water partition coefficient (Wildman–Crippen LogP) is 0.845. The molecule has 0 bridgehead atoms. The number of anilines is 1. The second kappa shape index (κ2) is 6.47. The first kappa shape index (κ1) is 15.4. The first-order valence-corrected chi connectivity index (χ1v) is 6.46. The van der Waals surface area contributed by atoms with Crippen molar-refractivity contribution < 1.29 is 0 Å². The monoisotopic (exact) mass is 264 g/mol. The van der Waals surface area contributed by atoms with E-state index in [1.165, 1.54) is 0 Å². The first-order valence-electron chi connectivity index (χ1n) is 6.46. The highest BCUT2D eigenvalue weighted by atomic mass is 15.3. The SMILES string of the molecule is CCN(c1nc(C)cc(C(=N)N)n1)C(C)CN(C)C. The summed E-state index contributed by atoms with van der Waals surface area (Å²) in [4.78, 5) is 13.1. The minimum atomic E-state index is -0.0249. The number of amidine groups is 1. The molecule has 1 heterocycles. The third-order valence-electron chi connectivity index (χ3n) is 2.88. The molecule has 1 unspecified atom stereocenters. The smallest absolute Gasteiger partial charge is 0.226 e. The van der Waals surface area contributed by atoms with Crippen molar-refractivity contribution in [3.8, 4) is 0 Å². The third kappa shape index (κ3) is 4.17. The van der Waals surface area contributed by atoms with Gasteiger partial charge in [0.05, 0.1) is 0 Å². The Balaban J connectivity index is 3.07. The van der Waals surface area contributed by atoms with Crippen molar-refractivity contribution in [2.24, 2.45) is 5.73 Å². The van der Waals surface area contributed by atoms with Crippen LogP contribution >= 0.6 is 0 Å². The molecule has 0 aliphatic heterocycles. The highest BCUT2D eigenvalue weighted by molar-refractivity contribution is 5.93. The summed E-state index contributed by atoms with van der Waals surface area (Å²) in [5, 5.41) is 7.51. The van der Waals surface area contributed by atoms with E-state index in [2.05, 4.69) is 33.6 Å². The van der Waals surface area contributed by atoms with Gasteiger partial charge in [-0.25, -0.2) is 9.97 Å². The second-order valence-corrected chi connectivity index (χ2v) is 5.01. The molecule has 6 heteroatoms. The maximum absolute atomic E-state index is 7.51. The molecule has 0 spiro atoms. The maximum atomic E-state index is 7.51. The van der Waals surface area contributed by atoms with Gasteiger partial charge in [0.25, 0.3) is 0 Å². The van der Waals surface area contributed by atoms with E-state index in [-0.39, 0.29) is 5.84 Å². The molecule has 1 aromatic rings. The number of nitrogen functional groups attached to an aromatic ring is 1. The van der Waals surface area contributed by atoms with E-state index < -0.39 is 0 Å². The number of rotatable bonds is 6. The normalized spacial score (nSPS) is 12.5. The summed E-state index contributed by atoms with van der Waals surface area (Å²) >= 11 is 0. The van der Waals surface area contributed by atoms with Crippen LogP contribution in [0, 0.1) is 12.3 Å². The van der Waals surface area contributed by atoms with Crippen LogP contribution in [0.2, 0.25) is 0 Å². The van der Waals surface area contributed by atoms with E-state index in [0.717, 1.165) is 18.8 Å². The fourth-order valence-corrected chi connectivity index (χ4v) is 2.10. The van der Waals surface area contributed by atoms with E-state index in [9.17, 15) is 0 Å². The van der Waals surface area contributed by atoms with Gasteiger partial charge in [-0.2, -0.15) is 0 Å². The van der Waals surface area contributed by atoms with Crippen LogP contribution in [-0.4, -0.2) is 53.9 Å². The van der Waals surface area contributed by atoms with Gasteiger partial charge in [0.2, 0.25) is 5.95 Å². The van der Waals surface area contributed by atoms with E-state index in [1.807, 2.05) is 21.0 Å². The summed E-state index contributed by atoms with van der Waals surface area (Å²) in [5.41, 5.74) is 6.83. The lowest BCUT2D eigenvalue weighted by atomic mass is 10.2. The van der Waals surface area contributed by atoms with Crippen molar-refractivity contribution in [3.63, 3.8) is 0 Å². The minimum Gasteiger partial charge on any atom is -0.382 e. The molecule has 3 N–H and O–H groups in total. The van der Waals surface area contributed by atoms with Crippen molar-refractivity contribution in [3.05, 3.63) is 17.5 Å². The van der Waals surface area contributed by atoms with Crippen LogP contribution in [0.1, 0.15) is 25.2 Å². The largest absolute Gasteiger partial charge is 0.382 e. The van der Waals surface area contributed by atoms with Crippen LogP contribution < -0.4 is 10.6 Å². The molecule has 0 saturated carbocycles. The zero-order chi connectivity index (χ0) is 14.6. The number of nitrogens with two attached hydrogens (primary N) is 1. The van der Waals surface area contributed by atoms with Gasteiger partial charge in [0, 0.05) is 24.8 Å². The van der Waals surface area contributed by atoms with Gasteiger partial charge >= 0.3 is 0 Å². The maximum Gasteiger partial charge on any atom is 0.226 e. The Morgan fingerprint density at radius 1 is 1.42 bits per heavy atom. The average molecular weight is 264 g/mol. The molecule has 19 heavy (non-hydrogen) atoms. The second-order valence-electron chi connectivity index (χ2n) is 5.01. The fraction of sp³-hybridized carbons (Fsp3) is 0.615. The Hall–Kier alpha value is -1.69. The topological polar surface area (TPSA) is 82.1 Å². The van der Waals surface area contributed by atoms with Crippen LogP contribution in [0.4, 0.5) is 5.95 Å². The third-order valence-corrected chi connectivity index (χ3v) is 2.88. The first-order chi connectivity index (χ1) is 8.85. The molecule has 106 valence electrons. The quantitative estimate of drug-likeness (QED) is 0.588. The van der Waals surface area contributed by atoms with Gasteiger partial charge in [0.15, 0.2) is 0 Å². The molecule has 1 rings (SSSR count). The summed E-state index contributed by atoms with van der Waals surface area (Å²) < 4.78 is 0. The van der Waals surface area contributed by atoms with Crippen molar-refractivity contribution in [1.82, 2.24) is 14.9 Å². The van der Waals surface area contributed by atoms with E-state index >= 15 is 0 Å². The molecule has 1 atom stereocenters. The number of hydrogen-bond acceptors (Lipinski definition) is 5. The molecule has 0 aliphatic rings. The number of nitrogens with zero attached hydrogens (tertiary/aromatic N) is 4. The van der Waals surface area contributed by atoms with Crippen LogP contribution in [-0.2, 0) is 0 Å². The van der Waals surface area contributed by atoms with Gasteiger partial charge in [-0.15, -0.1) is 0 Å². The highest BCUT2D eigenvalue weighted by Crippen LogP contribution is 2.13. The Morgan fingerprint density at radius 3 is 2.53 bits per heavy atom. The molecular weight excluding hydrogens is 240 g/mol. The van der Waals surface area contributed by atoms with Gasteiger partial charge in [-0.05, 0) is 40.9 Å². The number of aromatic nitrogens is 2. The lowest BCUT2D eigenvalue weighted by Gasteiger charge is -2.30. The zero-order valence-corrected chi connectivity index (χ0v) is 12.4. The highest BCUT2D eigenvalue weighted by Gasteiger charge is 2.17. The Labute approximate surface area is 115 Å². The zero-order valence-electron chi connectivity index (χ0n) is 12.4. The molecule has 1 aromatic heterocycles. The van der Waals surface area contributed by atoms with Gasteiger partial charge < -0.3 is 15.5 Å². The van der Waals surface area contributed by atoms with Crippen molar-refractivity contribution >= 4 is 11.8 Å². The lowest BCUT2D eigenvalue weighted by Crippen LogP contribution is -2.41. The summed E-state index contributed by atoms with van der Waals surface area (Å²) in [7, 11) is 4.09. The molecule has 0 radical (unpaired) electrons. The van der Waals surface area contributed by atoms with Crippen LogP contribution in [0.5, 0.6) is 0 Å². The predicted molar refractivity (Wildman–Crippen MR) is 78.8 cm³/mol. The fourth-order valence-electron chi connectivity index (χ4n) is 2.10. The molecule has 0 fully saturated rings. The molecule has 0 aliphatic carbocycles. The average Bonchev–Trinajstić information content (AvgIpc) is 2.27. The van der Waals surface area contributed by atoms with Crippen molar-refractivity contribution in [1.29, 1.82) is 5.41 Å². The number of likely N-dealkylation sites (N-methyl/N-ethyl adjacent to an activating group) is 2. The van der Waals surface area contributed by atoms with Crippen LogP contribution in [0.25, 0.3) is 0 Å². The molecular formula is C13H24N6. The van der Waals surface area contributed by atoms with Crippen molar-refractivity contribution in [2.75, 3.05) is 32.1 Å². The van der Waals surface area contributed by atoms with Gasteiger partial charge in [-0.3, -0.25) is 5.41 Å². The van der Waals surface area contributed by atoms with E-state index in [4.69, 9.17) is 11.1 Å². The van der Waals surface area contributed by atoms with Crippen LogP contribution in [0.15, 0.2) is 6.07 Å². The van der Waals surface area contributed by atoms with Gasteiger partial charge in [-0.1, -0.05) is 0 Å². The van der Waals surface area contributed by atoms with Crippen molar-refractivity contribution in [2.45, 2.75) is 26.8 Å². The minimum absolute atomic E-state index is 0.0249. The van der Waals surface area contributed by atoms with Gasteiger partial charge in [0.1, 0.15) is 11.5 Å². The van der Waals surface area contributed by atoms with Crippen LogP contribution in [0.3, 0.4) is 0 Å².